The van der Waals surface area contributed by atoms with Crippen LogP contribution < -0.4 is 0 Å². The number of hydrogen-bond acceptors (Lipinski definition) is 3. The van der Waals surface area contributed by atoms with Crippen molar-refractivity contribution in [1.29, 1.82) is 0 Å². The number of rotatable bonds is 12. The third kappa shape index (κ3) is 8.44. The van der Waals surface area contributed by atoms with Gasteiger partial charge in [-0.1, -0.05) is 50.5 Å². The van der Waals surface area contributed by atoms with Gasteiger partial charge in [0, 0.05) is 18.8 Å². The smallest absolute Gasteiger partial charge is 0.303 e. The average molecular weight is 336 g/mol. The summed E-state index contributed by atoms with van der Waals surface area (Å²) in [5.41, 5.74) is 0. The Kier molecular flexibility index (Phi) is 10.3. The van der Waals surface area contributed by atoms with E-state index >= 15 is 0 Å². The number of carboxylic acids is 1. The molecule has 0 bridgehead atoms. The molecule has 24 heavy (non-hydrogen) atoms. The van der Waals surface area contributed by atoms with Gasteiger partial charge in [-0.25, -0.2) is 0 Å². The molecular formula is C20H32O4. The summed E-state index contributed by atoms with van der Waals surface area (Å²) in [5.74, 6) is -0.223. The van der Waals surface area contributed by atoms with E-state index in [2.05, 4.69) is 6.92 Å². The first-order valence-electron chi connectivity index (χ1n) is 9.30. The lowest BCUT2D eigenvalue weighted by molar-refractivity contribution is -0.137. The molecule has 2 N–H and O–H groups in total. The Morgan fingerprint density at radius 3 is 2.79 bits per heavy atom. The van der Waals surface area contributed by atoms with Gasteiger partial charge >= 0.3 is 5.97 Å². The first kappa shape index (κ1) is 20.6. The quantitative estimate of drug-likeness (QED) is 0.412. The van der Waals surface area contributed by atoms with Crippen LogP contribution in [-0.2, 0) is 9.59 Å². The number of carbonyl (C=O) groups is 2. The molecule has 3 atom stereocenters. The summed E-state index contributed by atoms with van der Waals surface area (Å²) in [6.07, 6.45) is 15.4. The van der Waals surface area contributed by atoms with Crippen LogP contribution in [0.5, 0.6) is 0 Å². The predicted molar refractivity (Wildman–Crippen MR) is 95.8 cm³/mol. The van der Waals surface area contributed by atoms with Crippen molar-refractivity contribution in [3.8, 4) is 0 Å². The highest BCUT2D eigenvalue weighted by atomic mass is 16.4. The Morgan fingerprint density at radius 1 is 1.29 bits per heavy atom. The second kappa shape index (κ2) is 12.0. The van der Waals surface area contributed by atoms with Crippen molar-refractivity contribution in [3.05, 3.63) is 24.3 Å². The van der Waals surface area contributed by atoms with Crippen LogP contribution in [0.3, 0.4) is 0 Å². The standard InChI is InChI=1S/C20H32O4/c1-2-3-6-9-17(21)14-12-16-13-15-19(22)18(16)10-7-4-5-8-11-20(23)24/h4,7,12,14,16-18,21H,2-3,5-6,8-11,13,15H2,1H3,(H,23,24)/t16-,17?,18+/m1/s1. The predicted octanol–water partition coefficient (Wildman–Crippen LogP) is 4.28. The molecular weight excluding hydrogens is 304 g/mol. The van der Waals surface area contributed by atoms with E-state index in [-0.39, 0.29) is 18.3 Å². The van der Waals surface area contributed by atoms with Crippen LogP contribution in [0, 0.1) is 11.8 Å². The van der Waals surface area contributed by atoms with Crippen LogP contribution in [0.2, 0.25) is 0 Å². The maximum Gasteiger partial charge on any atom is 0.303 e. The van der Waals surface area contributed by atoms with Crippen molar-refractivity contribution in [1.82, 2.24) is 0 Å². The fourth-order valence-corrected chi connectivity index (χ4v) is 3.17. The molecule has 1 unspecified atom stereocenters. The normalized spacial score (nSPS) is 22.7. The molecule has 136 valence electrons. The van der Waals surface area contributed by atoms with Gasteiger partial charge in [-0.05, 0) is 38.0 Å². The maximum atomic E-state index is 12.0. The minimum absolute atomic E-state index is 0.0137. The molecule has 0 aromatic carbocycles. The van der Waals surface area contributed by atoms with E-state index in [1.54, 1.807) is 0 Å². The number of ketones is 1. The van der Waals surface area contributed by atoms with Crippen LogP contribution in [0.15, 0.2) is 24.3 Å². The molecule has 0 aromatic rings. The lowest BCUT2D eigenvalue weighted by atomic mass is 9.91. The number of carboxylic acid groups (broad SMARTS) is 1. The molecule has 4 heteroatoms. The number of carbonyl (C=O) groups excluding carboxylic acids is 1. The molecule has 1 saturated carbocycles. The maximum absolute atomic E-state index is 12.0. The van der Waals surface area contributed by atoms with E-state index in [0.29, 0.717) is 25.0 Å². The third-order valence-corrected chi connectivity index (χ3v) is 4.66. The Bertz CT molecular complexity index is 439. The molecule has 1 rings (SSSR count). The van der Waals surface area contributed by atoms with Gasteiger partial charge in [0.05, 0.1) is 6.10 Å². The number of unbranched alkanes of at least 4 members (excludes halogenated alkanes) is 3. The van der Waals surface area contributed by atoms with Gasteiger partial charge in [-0.2, -0.15) is 0 Å². The number of Topliss-reactive ketones (excluding diaryl/α,β-unsaturated/α-hetero) is 1. The Labute approximate surface area is 145 Å². The molecule has 0 radical (unpaired) electrons. The molecule has 0 spiro atoms. The van der Waals surface area contributed by atoms with Crippen LogP contribution >= 0.6 is 0 Å². The summed E-state index contributed by atoms with van der Waals surface area (Å²) in [7, 11) is 0. The van der Waals surface area contributed by atoms with Crippen LogP contribution in [0.1, 0.15) is 71.1 Å². The Hall–Kier alpha value is -1.42. The van der Waals surface area contributed by atoms with Crippen LogP contribution in [-0.4, -0.2) is 28.1 Å². The second-order valence-electron chi connectivity index (χ2n) is 6.72. The van der Waals surface area contributed by atoms with E-state index in [1.807, 2.05) is 24.3 Å². The molecule has 0 aromatic heterocycles. The minimum atomic E-state index is -0.767. The zero-order valence-electron chi connectivity index (χ0n) is 14.8. The molecule has 1 aliphatic rings. The third-order valence-electron chi connectivity index (χ3n) is 4.66. The number of aliphatic carboxylic acids is 1. The van der Waals surface area contributed by atoms with Gasteiger partial charge in [-0.3, -0.25) is 9.59 Å². The Balaban J connectivity index is 2.37. The van der Waals surface area contributed by atoms with Crippen molar-refractivity contribution in [2.24, 2.45) is 11.8 Å². The largest absolute Gasteiger partial charge is 0.481 e. The summed E-state index contributed by atoms with van der Waals surface area (Å²) in [6.45, 7) is 2.14. The van der Waals surface area contributed by atoms with Crippen LogP contribution in [0.25, 0.3) is 0 Å². The van der Waals surface area contributed by atoms with Crippen molar-refractivity contribution in [2.45, 2.75) is 77.2 Å². The van der Waals surface area contributed by atoms with Gasteiger partial charge in [-0.15, -0.1) is 0 Å². The minimum Gasteiger partial charge on any atom is -0.481 e. The van der Waals surface area contributed by atoms with E-state index < -0.39 is 12.1 Å². The lowest BCUT2D eigenvalue weighted by Crippen LogP contribution is -2.13. The zero-order valence-corrected chi connectivity index (χ0v) is 14.8. The van der Waals surface area contributed by atoms with Crippen molar-refractivity contribution in [3.63, 3.8) is 0 Å². The topological polar surface area (TPSA) is 74.6 Å². The number of aliphatic hydroxyl groups is 1. The summed E-state index contributed by atoms with van der Waals surface area (Å²) in [5, 5.41) is 18.6. The molecule has 4 nitrogen and oxygen atoms in total. The van der Waals surface area contributed by atoms with Crippen molar-refractivity contribution < 1.29 is 19.8 Å². The average Bonchev–Trinajstić information content (AvgIpc) is 2.89. The molecule has 1 fully saturated rings. The summed E-state index contributed by atoms with van der Waals surface area (Å²) < 4.78 is 0. The van der Waals surface area contributed by atoms with Gasteiger partial charge < -0.3 is 10.2 Å². The summed E-state index contributed by atoms with van der Waals surface area (Å²) in [6, 6.07) is 0. The highest BCUT2D eigenvalue weighted by Gasteiger charge is 2.31. The highest BCUT2D eigenvalue weighted by Crippen LogP contribution is 2.33. The number of aliphatic hydroxyl groups excluding tert-OH is 1. The van der Waals surface area contributed by atoms with Gasteiger partial charge in [0.1, 0.15) is 5.78 Å². The van der Waals surface area contributed by atoms with Gasteiger partial charge in [0.2, 0.25) is 0 Å². The fourth-order valence-electron chi connectivity index (χ4n) is 3.17. The summed E-state index contributed by atoms with van der Waals surface area (Å²) in [4.78, 5) is 22.5. The van der Waals surface area contributed by atoms with Crippen LogP contribution in [0.4, 0.5) is 0 Å². The molecule has 0 amide bonds. The Morgan fingerprint density at radius 2 is 2.08 bits per heavy atom. The van der Waals surface area contributed by atoms with E-state index in [9.17, 15) is 14.7 Å². The molecule has 0 saturated heterocycles. The highest BCUT2D eigenvalue weighted by molar-refractivity contribution is 5.83. The summed E-state index contributed by atoms with van der Waals surface area (Å²) >= 11 is 0. The molecule has 0 heterocycles. The molecule has 1 aliphatic carbocycles. The van der Waals surface area contributed by atoms with E-state index in [4.69, 9.17) is 5.11 Å². The first-order valence-corrected chi connectivity index (χ1v) is 9.30. The SMILES string of the molecule is CCCCCC(O)C=C[C@@H]1CCC(=O)[C@H]1CC=CCCCC(=O)O. The van der Waals surface area contributed by atoms with E-state index in [0.717, 1.165) is 38.5 Å². The monoisotopic (exact) mass is 336 g/mol. The van der Waals surface area contributed by atoms with Crippen molar-refractivity contribution in [2.75, 3.05) is 0 Å². The lowest BCUT2D eigenvalue weighted by Gasteiger charge is -2.13. The number of hydrogen-bond donors (Lipinski definition) is 2. The van der Waals surface area contributed by atoms with Crippen molar-refractivity contribution >= 4 is 11.8 Å². The second-order valence-corrected chi connectivity index (χ2v) is 6.72. The molecule has 0 aliphatic heterocycles. The number of allylic oxidation sites excluding steroid dienone is 3. The fraction of sp³-hybridized carbons (Fsp3) is 0.700. The first-order chi connectivity index (χ1) is 11.5. The van der Waals surface area contributed by atoms with Gasteiger partial charge in [0.25, 0.3) is 0 Å². The zero-order chi connectivity index (χ0) is 17.8. The van der Waals surface area contributed by atoms with Gasteiger partial charge in [0.15, 0.2) is 0 Å². The van der Waals surface area contributed by atoms with E-state index in [1.165, 1.54) is 0 Å².